The molecule has 0 saturated carbocycles. The molecule has 1 amide bonds. The Morgan fingerprint density at radius 3 is 2.50 bits per heavy atom. The maximum atomic E-state index is 12.1. The summed E-state index contributed by atoms with van der Waals surface area (Å²) in [5, 5.41) is 6.05. The van der Waals surface area contributed by atoms with E-state index < -0.39 is 0 Å². The van der Waals surface area contributed by atoms with Crippen molar-refractivity contribution in [2.75, 3.05) is 12.1 Å². The summed E-state index contributed by atoms with van der Waals surface area (Å²) in [6.07, 6.45) is 0.336. The first-order valence-corrected chi connectivity index (χ1v) is 6.56. The third-order valence-electron chi connectivity index (χ3n) is 3.43. The first-order chi connectivity index (χ1) is 9.49. The van der Waals surface area contributed by atoms with Gasteiger partial charge in [-0.1, -0.05) is 18.2 Å². The molecule has 0 saturated heterocycles. The number of aryl methyl sites for hydroxylation is 2. The molecule has 0 fully saturated rings. The minimum Gasteiger partial charge on any atom is -0.289 e. The van der Waals surface area contributed by atoms with Crippen molar-refractivity contribution in [1.29, 1.82) is 0 Å². The van der Waals surface area contributed by atoms with E-state index in [1.165, 1.54) is 0 Å². The van der Waals surface area contributed by atoms with Crippen LogP contribution in [0.15, 0.2) is 30.3 Å². The van der Waals surface area contributed by atoms with Gasteiger partial charge < -0.3 is 0 Å². The van der Waals surface area contributed by atoms with Gasteiger partial charge in [0.1, 0.15) is 0 Å². The molecule has 0 aliphatic heterocycles. The van der Waals surface area contributed by atoms with Crippen LogP contribution in [-0.2, 0) is 18.3 Å². The Hall–Kier alpha value is -2.30. The molecule has 0 spiro atoms. The molecule has 0 unspecified atom stereocenters. The monoisotopic (exact) mass is 272 g/mol. The number of benzene rings is 1. The van der Waals surface area contributed by atoms with E-state index in [0.717, 1.165) is 22.6 Å². The molecule has 106 valence electrons. The molecular formula is C15H20N4O. The normalized spacial score (nSPS) is 10.4. The molecule has 1 N–H and O–H groups in total. The van der Waals surface area contributed by atoms with E-state index in [1.807, 2.05) is 58.3 Å². The predicted octanol–water partition coefficient (Wildman–Crippen LogP) is 1.75. The van der Waals surface area contributed by atoms with Gasteiger partial charge in [0.25, 0.3) is 0 Å². The van der Waals surface area contributed by atoms with E-state index in [9.17, 15) is 4.79 Å². The number of carbonyl (C=O) groups is 1. The molecule has 0 atom stereocenters. The quantitative estimate of drug-likeness (QED) is 0.863. The Bertz CT molecular complexity index is 604. The van der Waals surface area contributed by atoms with Crippen LogP contribution in [0.25, 0.3) is 0 Å². The van der Waals surface area contributed by atoms with Gasteiger partial charge in [0, 0.05) is 25.4 Å². The highest BCUT2D eigenvalue weighted by atomic mass is 16.2. The minimum atomic E-state index is -0.0458. The van der Waals surface area contributed by atoms with Gasteiger partial charge in [0.05, 0.1) is 17.8 Å². The second-order valence-corrected chi connectivity index (χ2v) is 4.88. The number of amides is 1. The average molecular weight is 272 g/mol. The number of hydrogen-bond acceptors (Lipinski definition) is 3. The van der Waals surface area contributed by atoms with Gasteiger partial charge in [0.2, 0.25) is 5.91 Å². The molecule has 1 aromatic carbocycles. The zero-order chi connectivity index (χ0) is 14.7. The molecule has 0 aliphatic carbocycles. The maximum absolute atomic E-state index is 12.1. The fourth-order valence-corrected chi connectivity index (χ4v) is 2.18. The summed E-state index contributed by atoms with van der Waals surface area (Å²) in [5.41, 5.74) is 6.74. The van der Waals surface area contributed by atoms with Crippen LogP contribution in [0.5, 0.6) is 0 Å². The van der Waals surface area contributed by atoms with E-state index >= 15 is 0 Å². The average Bonchev–Trinajstić information content (AvgIpc) is 2.66. The zero-order valence-electron chi connectivity index (χ0n) is 12.3. The number of para-hydroxylation sites is 1. The first-order valence-electron chi connectivity index (χ1n) is 6.56. The number of aromatic nitrogens is 2. The van der Waals surface area contributed by atoms with Gasteiger partial charge in [-0.25, -0.2) is 0 Å². The van der Waals surface area contributed by atoms with Crippen molar-refractivity contribution in [3.63, 3.8) is 0 Å². The molecule has 5 heteroatoms. The number of hydrazine groups is 1. The van der Waals surface area contributed by atoms with Crippen molar-refractivity contribution in [1.82, 2.24) is 15.2 Å². The predicted molar refractivity (Wildman–Crippen MR) is 79.4 cm³/mol. The zero-order valence-corrected chi connectivity index (χ0v) is 12.3. The lowest BCUT2D eigenvalue weighted by molar-refractivity contribution is -0.120. The van der Waals surface area contributed by atoms with Crippen molar-refractivity contribution < 1.29 is 4.79 Å². The van der Waals surface area contributed by atoms with Crippen molar-refractivity contribution >= 4 is 11.6 Å². The van der Waals surface area contributed by atoms with Gasteiger partial charge >= 0.3 is 0 Å². The fraction of sp³-hybridized carbons (Fsp3) is 0.333. The smallest absolute Gasteiger partial charge is 0.243 e. The van der Waals surface area contributed by atoms with Crippen LogP contribution in [0.3, 0.4) is 0 Å². The van der Waals surface area contributed by atoms with E-state index in [0.29, 0.717) is 6.42 Å². The maximum Gasteiger partial charge on any atom is 0.243 e. The highest BCUT2D eigenvalue weighted by Crippen LogP contribution is 2.13. The van der Waals surface area contributed by atoms with Gasteiger partial charge in [0.15, 0.2) is 0 Å². The molecule has 0 aliphatic rings. The van der Waals surface area contributed by atoms with Crippen LogP contribution in [0.2, 0.25) is 0 Å². The Kier molecular flexibility index (Phi) is 4.08. The van der Waals surface area contributed by atoms with Crippen LogP contribution in [0.1, 0.15) is 17.0 Å². The molecule has 1 aromatic heterocycles. The Labute approximate surface area is 119 Å². The molecular weight excluding hydrogens is 252 g/mol. The van der Waals surface area contributed by atoms with Crippen molar-refractivity contribution in [2.24, 2.45) is 7.05 Å². The van der Waals surface area contributed by atoms with Crippen molar-refractivity contribution in [3.8, 4) is 0 Å². The number of rotatable bonds is 4. The highest BCUT2D eigenvalue weighted by Gasteiger charge is 2.14. The van der Waals surface area contributed by atoms with Gasteiger partial charge in [-0.05, 0) is 26.0 Å². The molecule has 0 radical (unpaired) electrons. The number of nitrogens with one attached hydrogen (secondary N) is 1. The second kappa shape index (κ2) is 5.77. The highest BCUT2D eigenvalue weighted by molar-refractivity contribution is 5.80. The number of nitrogens with zero attached hydrogens (tertiary/aromatic N) is 3. The number of carbonyl (C=O) groups excluding carboxylic acids is 1. The Morgan fingerprint density at radius 2 is 1.95 bits per heavy atom. The van der Waals surface area contributed by atoms with Crippen LogP contribution in [-0.4, -0.2) is 22.7 Å². The Morgan fingerprint density at radius 1 is 1.30 bits per heavy atom. The summed E-state index contributed by atoms with van der Waals surface area (Å²) in [4.78, 5) is 12.1. The van der Waals surface area contributed by atoms with Crippen LogP contribution in [0.4, 0.5) is 5.69 Å². The summed E-state index contributed by atoms with van der Waals surface area (Å²) in [7, 11) is 3.72. The summed E-state index contributed by atoms with van der Waals surface area (Å²) >= 11 is 0. The lowest BCUT2D eigenvalue weighted by Gasteiger charge is -2.20. The largest absolute Gasteiger partial charge is 0.289 e. The Balaban J connectivity index is 2.03. The summed E-state index contributed by atoms with van der Waals surface area (Å²) < 4.78 is 1.80. The molecule has 20 heavy (non-hydrogen) atoms. The number of anilines is 1. The van der Waals surface area contributed by atoms with Crippen molar-refractivity contribution in [3.05, 3.63) is 47.3 Å². The van der Waals surface area contributed by atoms with E-state index in [2.05, 4.69) is 10.5 Å². The van der Waals surface area contributed by atoms with E-state index in [1.54, 1.807) is 9.69 Å². The van der Waals surface area contributed by atoms with Gasteiger partial charge in [-0.15, -0.1) is 0 Å². The topological polar surface area (TPSA) is 50.2 Å². The minimum absolute atomic E-state index is 0.0458. The van der Waals surface area contributed by atoms with Crippen LogP contribution >= 0.6 is 0 Å². The molecule has 5 nitrogen and oxygen atoms in total. The summed E-state index contributed by atoms with van der Waals surface area (Å²) in [6, 6.07) is 9.71. The third-order valence-corrected chi connectivity index (χ3v) is 3.43. The SMILES string of the molecule is Cc1nn(C)c(C)c1CC(=O)NN(C)c1ccccc1. The molecule has 2 aromatic rings. The first kappa shape index (κ1) is 14.1. The third kappa shape index (κ3) is 2.99. The molecule has 0 bridgehead atoms. The summed E-state index contributed by atoms with van der Waals surface area (Å²) in [6.45, 7) is 3.90. The van der Waals surface area contributed by atoms with Crippen LogP contribution in [0, 0.1) is 13.8 Å². The second-order valence-electron chi connectivity index (χ2n) is 4.88. The van der Waals surface area contributed by atoms with Gasteiger partial charge in [-0.3, -0.25) is 19.9 Å². The lowest BCUT2D eigenvalue weighted by atomic mass is 10.1. The molecule has 2 rings (SSSR count). The van der Waals surface area contributed by atoms with Crippen LogP contribution < -0.4 is 10.4 Å². The fourth-order valence-electron chi connectivity index (χ4n) is 2.18. The summed E-state index contributed by atoms with van der Waals surface area (Å²) in [5.74, 6) is -0.0458. The van der Waals surface area contributed by atoms with E-state index in [-0.39, 0.29) is 5.91 Å². The lowest BCUT2D eigenvalue weighted by Crippen LogP contribution is -2.40. The van der Waals surface area contributed by atoms with Crippen molar-refractivity contribution in [2.45, 2.75) is 20.3 Å². The molecule has 1 heterocycles. The standard InChI is InChI=1S/C15H20N4O/c1-11-14(12(2)18(3)16-11)10-15(20)17-19(4)13-8-6-5-7-9-13/h5-9H,10H2,1-4H3,(H,17,20). The number of hydrogen-bond donors (Lipinski definition) is 1. The van der Waals surface area contributed by atoms with E-state index in [4.69, 9.17) is 0 Å². The van der Waals surface area contributed by atoms with Gasteiger partial charge in [-0.2, -0.15) is 5.10 Å².